The highest BCUT2D eigenvalue weighted by Crippen LogP contribution is 2.27. The van der Waals surface area contributed by atoms with Gasteiger partial charge in [-0.1, -0.05) is 18.2 Å². The van der Waals surface area contributed by atoms with Crippen LogP contribution < -0.4 is 10.5 Å². The number of nitrogen functional groups attached to an aromatic ring is 1. The van der Waals surface area contributed by atoms with Gasteiger partial charge in [-0.15, -0.1) is 0 Å². The number of hydrogen-bond acceptors (Lipinski definition) is 6. The Morgan fingerprint density at radius 3 is 2.37 bits per heavy atom. The van der Waals surface area contributed by atoms with Crippen LogP contribution in [0.5, 0.6) is 0 Å². The number of sulfonamides is 1. The number of nitrogens with two attached hydrogens (primary N) is 1. The number of aryl methyl sites for hydroxylation is 1. The number of aromatic nitrogens is 2. The maximum Gasteiger partial charge on any atom is 0.262 e. The molecule has 0 aliphatic rings. The molecule has 27 heavy (non-hydrogen) atoms. The van der Waals surface area contributed by atoms with Gasteiger partial charge in [-0.2, -0.15) is 0 Å². The summed E-state index contributed by atoms with van der Waals surface area (Å²) in [6.45, 7) is 4.76. The third-order valence-corrected chi connectivity index (χ3v) is 7.75. The largest absolute Gasteiger partial charge is 0.368 e. The number of nitrogens with one attached hydrogen (secondary N) is 1. The lowest BCUT2D eigenvalue weighted by Gasteiger charge is -2.13. The Labute approximate surface area is 158 Å². The summed E-state index contributed by atoms with van der Waals surface area (Å²) >= 11 is 0. The number of imidazole rings is 1. The molecule has 0 saturated carbocycles. The van der Waals surface area contributed by atoms with E-state index >= 15 is 0 Å². The molecule has 0 aliphatic carbocycles. The molecule has 0 unspecified atom stereocenters. The summed E-state index contributed by atoms with van der Waals surface area (Å²) in [5.74, 6) is -0.169. The standard InChI is InChI=1S/C17H20N4O4S2/c1-11(2)27(24,25)21-15-10-13(8-9-14(15)19-17(21)18)20-26(22,23)16-7-5-4-6-12(16)3/h4-11,20H,1-3H3,(H2,18,19). The quantitative estimate of drug-likeness (QED) is 0.667. The normalized spacial score (nSPS) is 12.6. The first-order chi connectivity index (χ1) is 12.5. The van der Waals surface area contributed by atoms with E-state index in [0.29, 0.717) is 11.1 Å². The molecule has 3 aromatic rings. The molecule has 3 rings (SSSR count). The summed E-state index contributed by atoms with van der Waals surface area (Å²) in [6.07, 6.45) is 0. The van der Waals surface area contributed by atoms with Gasteiger partial charge in [0.1, 0.15) is 0 Å². The second-order valence-electron chi connectivity index (χ2n) is 6.40. The van der Waals surface area contributed by atoms with Gasteiger partial charge in [-0.25, -0.2) is 25.8 Å². The number of hydrogen-bond donors (Lipinski definition) is 2. The third kappa shape index (κ3) is 3.37. The van der Waals surface area contributed by atoms with Gasteiger partial charge in [0.05, 0.1) is 26.9 Å². The highest BCUT2D eigenvalue weighted by molar-refractivity contribution is 7.92. The van der Waals surface area contributed by atoms with Crippen LogP contribution in [0.4, 0.5) is 11.6 Å². The predicted octanol–water partition coefficient (Wildman–Crippen LogP) is 2.31. The highest BCUT2D eigenvalue weighted by atomic mass is 32.2. The van der Waals surface area contributed by atoms with Crippen LogP contribution in [0.15, 0.2) is 47.4 Å². The maximum atomic E-state index is 12.7. The van der Waals surface area contributed by atoms with Crippen molar-refractivity contribution in [2.45, 2.75) is 30.9 Å². The monoisotopic (exact) mass is 408 g/mol. The molecule has 0 bridgehead atoms. The third-order valence-electron chi connectivity index (χ3n) is 4.12. The average molecular weight is 409 g/mol. The van der Waals surface area contributed by atoms with Crippen molar-refractivity contribution in [1.29, 1.82) is 0 Å². The molecule has 1 heterocycles. The SMILES string of the molecule is Cc1ccccc1S(=O)(=O)Nc1ccc2nc(N)n(S(=O)(=O)C(C)C)c2c1. The summed E-state index contributed by atoms with van der Waals surface area (Å²) in [6, 6.07) is 11.0. The topological polar surface area (TPSA) is 124 Å². The Hall–Kier alpha value is -2.59. The Balaban J connectivity index is 2.12. The number of anilines is 2. The molecule has 3 N–H and O–H groups in total. The van der Waals surface area contributed by atoms with Crippen molar-refractivity contribution >= 4 is 42.7 Å². The van der Waals surface area contributed by atoms with Gasteiger partial charge in [0.2, 0.25) is 16.0 Å². The minimum absolute atomic E-state index is 0.146. The second-order valence-corrected chi connectivity index (χ2v) is 10.4. The van der Waals surface area contributed by atoms with Crippen LogP contribution in [-0.2, 0) is 20.0 Å². The molecular weight excluding hydrogens is 388 g/mol. The molecule has 0 atom stereocenters. The summed E-state index contributed by atoms with van der Waals surface area (Å²) in [5.41, 5.74) is 7.18. The summed E-state index contributed by atoms with van der Waals surface area (Å²) < 4.78 is 54.0. The number of benzene rings is 2. The van der Waals surface area contributed by atoms with E-state index in [-0.39, 0.29) is 22.0 Å². The van der Waals surface area contributed by atoms with Gasteiger partial charge in [-0.05, 0) is 50.6 Å². The summed E-state index contributed by atoms with van der Waals surface area (Å²) in [7, 11) is -7.59. The molecule has 1 aromatic heterocycles. The van der Waals surface area contributed by atoms with Crippen molar-refractivity contribution in [3.63, 3.8) is 0 Å². The maximum absolute atomic E-state index is 12.7. The van der Waals surface area contributed by atoms with Crippen LogP contribution in [0, 0.1) is 6.92 Å². The van der Waals surface area contributed by atoms with E-state index in [9.17, 15) is 16.8 Å². The van der Waals surface area contributed by atoms with Crippen molar-refractivity contribution in [3.05, 3.63) is 48.0 Å². The molecule has 8 nitrogen and oxygen atoms in total. The molecule has 0 saturated heterocycles. The molecule has 10 heteroatoms. The van der Waals surface area contributed by atoms with Crippen molar-refractivity contribution in [3.8, 4) is 0 Å². The van der Waals surface area contributed by atoms with Crippen molar-refractivity contribution in [1.82, 2.24) is 8.96 Å². The van der Waals surface area contributed by atoms with E-state index in [0.717, 1.165) is 3.97 Å². The molecule has 144 valence electrons. The molecule has 0 fully saturated rings. The van der Waals surface area contributed by atoms with Gasteiger partial charge in [0.15, 0.2) is 0 Å². The first kappa shape index (κ1) is 19.2. The molecule has 0 aliphatic heterocycles. The summed E-state index contributed by atoms with van der Waals surface area (Å²) in [4.78, 5) is 4.20. The van der Waals surface area contributed by atoms with Crippen molar-refractivity contribution in [2.24, 2.45) is 0 Å². The van der Waals surface area contributed by atoms with E-state index in [2.05, 4.69) is 9.71 Å². The first-order valence-electron chi connectivity index (χ1n) is 8.15. The number of rotatable bonds is 5. The van der Waals surface area contributed by atoms with Crippen LogP contribution in [0.1, 0.15) is 19.4 Å². The number of fused-ring (bicyclic) bond motifs is 1. The van der Waals surface area contributed by atoms with Crippen LogP contribution >= 0.6 is 0 Å². The van der Waals surface area contributed by atoms with Crippen LogP contribution in [-0.4, -0.2) is 31.0 Å². The lowest BCUT2D eigenvalue weighted by Crippen LogP contribution is -2.23. The van der Waals surface area contributed by atoms with Gasteiger partial charge < -0.3 is 5.73 Å². The fourth-order valence-electron chi connectivity index (χ4n) is 2.68. The zero-order valence-corrected chi connectivity index (χ0v) is 16.7. The zero-order valence-electron chi connectivity index (χ0n) is 15.0. The van der Waals surface area contributed by atoms with E-state index < -0.39 is 25.3 Å². The predicted molar refractivity (Wildman–Crippen MR) is 106 cm³/mol. The fraction of sp³-hybridized carbons (Fsp3) is 0.235. The molecule has 0 spiro atoms. The minimum atomic E-state index is -3.83. The van der Waals surface area contributed by atoms with Gasteiger partial charge in [0.25, 0.3) is 10.0 Å². The van der Waals surface area contributed by atoms with Gasteiger partial charge >= 0.3 is 0 Å². The minimum Gasteiger partial charge on any atom is -0.368 e. The van der Waals surface area contributed by atoms with Crippen LogP contribution in [0.3, 0.4) is 0 Å². The summed E-state index contributed by atoms with van der Waals surface area (Å²) in [5, 5.41) is -0.718. The Kier molecular flexibility index (Phi) is 4.64. The van der Waals surface area contributed by atoms with Gasteiger partial charge in [-0.3, -0.25) is 4.72 Å². The van der Waals surface area contributed by atoms with E-state index in [1.807, 2.05) is 0 Å². The molecule has 2 aromatic carbocycles. The Morgan fingerprint density at radius 2 is 1.74 bits per heavy atom. The molecule has 0 radical (unpaired) electrons. The zero-order chi connectivity index (χ0) is 20.0. The first-order valence-corrected chi connectivity index (χ1v) is 11.1. The van der Waals surface area contributed by atoms with E-state index in [1.54, 1.807) is 25.1 Å². The molecule has 0 amide bonds. The smallest absolute Gasteiger partial charge is 0.262 e. The van der Waals surface area contributed by atoms with Crippen LogP contribution in [0.2, 0.25) is 0 Å². The molecular formula is C17H20N4O4S2. The second kappa shape index (κ2) is 6.54. The lowest BCUT2D eigenvalue weighted by molar-refractivity contribution is 0.580. The van der Waals surface area contributed by atoms with Gasteiger partial charge in [0, 0.05) is 0 Å². The Morgan fingerprint density at radius 1 is 1.07 bits per heavy atom. The average Bonchev–Trinajstić information content (AvgIpc) is 2.90. The van der Waals surface area contributed by atoms with Crippen molar-refractivity contribution < 1.29 is 16.8 Å². The highest BCUT2D eigenvalue weighted by Gasteiger charge is 2.25. The lowest BCUT2D eigenvalue weighted by atomic mass is 10.2. The Bertz CT molecular complexity index is 1230. The fourth-order valence-corrected chi connectivity index (χ4v) is 5.12. The van der Waals surface area contributed by atoms with Crippen molar-refractivity contribution in [2.75, 3.05) is 10.5 Å². The van der Waals surface area contributed by atoms with E-state index in [1.165, 1.54) is 38.1 Å². The van der Waals surface area contributed by atoms with Crippen LogP contribution in [0.25, 0.3) is 11.0 Å². The number of nitrogens with zero attached hydrogens (tertiary/aromatic N) is 2. The van der Waals surface area contributed by atoms with E-state index in [4.69, 9.17) is 5.73 Å².